The molecule has 32 heavy (non-hydrogen) atoms. The average Bonchev–Trinajstić information content (AvgIpc) is 2.65. The molecule has 0 radical (unpaired) electrons. The van der Waals surface area contributed by atoms with Gasteiger partial charge in [0.1, 0.15) is 18.0 Å². The average molecular weight is 508 g/mol. The second-order valence-corrected chi connectivity index (χ2v) is 11.6. The van der Waals surface area contributed by atoms with Crippen LogP contribution in [0.3, 0.4) is 0 Å². The minimum absolute atomic E-state index is 0.00632. The summed E-state index contributed by atoms with van der Waals surface area (Å²) < 4.78 is 6.62. The van der Waals surface area contributed by atoms with Gasteiger partial charge in [-0.1, -0.05) is 0 Å². The molecule has 2 amide bonds. The van der Waals surface area contributed by atoms with Gasteiger partial charge in [-0.05, 0) is 88.4 Å². The smallest absolute Gasteiger partial charge is 0.285 e. The van der Waals surface area contributed by atoms with Gasteiger partial charge in [0.25, 0.3) is 6.02 Å². The zero-order chi connectivity index (χ0) is 23.9. The summed E-state index contributed by atoms with van der Waals surface area (Å²) in [5, 5.41) is 11.4. The largest absolute Gasteiger partial charge is 0.460 e. The second kappa shape index (κ2) is 8.65. The number of rotatable bonds is 2. The highest BCUT2D eigenvalue weighted by Crippen LogP contribution is 2.41. The summed E-state index contributed by atoms with van der Waals surface area (Å²) in [5.41, 5.74) is -0.457. The van der Waals surface area contributed by atoms with Crippen molar-refractivity contribution in [1.82, 2.24) is 14.8 Å². The predicted octanol–water partition coefficient (Wildman–Crippen LogP) is 3.80. The Morgan fingerprint density at radius 1 is 1.28 bits per heavy atom. The Morgan fingerprint density at radius 3 is 2.47 bits per heavy atom. The first-order valence-electron chi connectivity index (χ1n) is 11.0. The van der Waals surface area contributed by atoms with Crippen molar-refractivity contribution in [3.8, 4) is 0 Å². The maximum Gasteiger partial charge on any atom is 0.285 e. The standard InChI is InChI=1S/C23H34BrN5O3/c1-21(2,3)29(20(25)32-22(4,5)6)14-17(30)28-9-7-23(8-10-28)12-15-11-16(24)13-26-18(15)27-19(23)31/h11,13,25H,7-10,12,14H2,1-6H3,(H,26,27,31). The van der Waals surface area contributed by atoms with Gasteiger partial charge in [-0.3, -0.25) is 15.0 Å². The van der Waals surface area contributed by atoms with Gasteiger partial charge in [0.2, 0.25) is 11.8 Å². The van der Waals surface area contributed by atoms with Crippen LogP contribution >= 0.6 is 15.9 Å². The number of carbonyl (C=O) groups excluding carboxylic acids is 2. The van der Waals surface area contributed by atoms with Gasteiger partial charge in [0, 0.05) is 29.3 Å². The van der Waals surface area contributed by atoms with Crippen molar-refractivity contribution in [1.29, 1.82) is 5.41 Å². The molecule has 0 aliphatic carbocycles. The molecule has 0 bridgehead atoms. The Labute approximate surface area is 198 Å². The van der Waals surface area contributed by atoms with Gasteiger partial charge in [-0.2, -0.15) is 0 Å². The number of nitrogens with one attached hydrogen (secondary N) is 2. The number of aromatic nitrogens is 1. The van der Waals surface area contributed by atoms with E-state index >= 15 is 0 Å². The minimum atomic E-state index is -0.518. The first-order valence-corrected chi connectivity index (χ1v) is 11.8. The number of pyridine rings is 1. The highest BCUT2D eigenvalue weighted by Gasteiger charge is 2.46. The van der Waals surface area contributed by atoms with Crippen molar-refractivity contribution in [2.24, 2.45) is 5.41 Å². The van der Waals surface area contributed by atoms with E-state index in [0.29, 0.717) is 38.2 Å². The van der Waals surface area contributed by atoms with Crippen LogP contribution in [0.4, 0.5) is 5.82 Å². The number of ether oxygens (including phenoxy) is 1. The lowest BCUT2D eigenvalue weighted by Crippen LogP contribution is -2.55. The number of halogens is 1. The number of fused-ring (bicyclic) bond motifs is 1. The highest BCUT2D eigenvalue weighted by molar-refractivity contribution is 9.10. The van der Waals surface area contributed by atoms with Crippen LogP contribution in [0.2, 0.25) is 0 Å². The molecule has 1 fully saturated rings. The summed E-state index contributed by atoms with van der Waals surface area (Å²) in [6.07, 6.45) is 3.51. The molecule has 9 heteroatoms. The molecule has 0 atom stereocenters. The van der Waals surface area contributed by atoms with E-state index in [1.165, 1.54) is 0 Å². The van der Waals surface area contributed by atoms with Crippen molar-refractivity contribution in [2.45, 2.75) is 71.9 Å². The first-order chi connectivity index (χ1) is 14.7. The zero-order valence-electron chi connectivity index (χ0n) is 19.8. The molecule has 176 valence electrons. The topological polar surface area (TPSA) is 98.6 Å². The van der Waals surface area contributed by atoms with Gasteiger partial charge in [-0.15, -0.1) is 0 Å². The number of amides is 2. The molecule has 0 saturated carbocycles. The number of nitrogens with zero attached hydrogens (tertiary/aromatic N) is 3. The van der Waals surface area contributed by atoms with Crippen LogP contribution in [0.1, 0.15) is 59.9 Å². The van der Waals surface area contributed by atoms with E-state index in [-0.39, 0.29) is 24.4 Å². The van der Waals surface area contributed by atoms with Gasteiger partial charge < -0.3 is 19.9 Å². The maximum atomic E-state index is 13.1. The molecular formula is C23H34BrN5O3. The Morgan fingerprint density at radius 2 is 1.91 bits per heavy atom. The number of anilines is 1. The first kappa shape index (κ1) is 24.5. The summed E-state index contributed by atoms with van der Waals surface area (Å²) in [4.78, 5) is 33.8. The normalized spacial score (nSPS) is 18.1. The third-order valence-corrected chi connectivity index (χ3v) is 6.43. The van der Waals surface area contributed by atoms with Crippen LogP contribution in [0.15, 0.2) is 16.7 Å². The van der Waals surface area contributed by atoms with E-state index in [0.717, 1.165) is 10.0 Å². The molecule has 1 aromatic rings. The van der Waals surface area contributed by atoms with E-state index in [2.05, 4.69) is 26.2 Å². The molecular weight excluding hydrogens is 474 g/mol. The van der Waals surface area contributed by atoms with Crippen molar-refractivity contribution < 1.29 is 14.3 Å². The Bertz CT molecular complexity index is 911. The fourth-order valence-corrected chi connectivity index (χ4v) is 4.57. The van der Waals surface area contributed by atoms with E-state index in [1.807, 2.05) is 47.6 Å². The number of piperidine rings is 1. The van der Waals surface area contributed by atoms with Crippen LogP contribution in [0.5, 0.6) is 0 Å². The molecule has 2 N–H and O–H groups in total. The van der Waals surface area contributed by atoms with Crippen molar-refractivity contribution >= 4 is 39.6 Å². The van der Waals surface area contributed by atoms with Crippen LogP contribution in [0, 0.1) is 10.8 Å². The molecule has 0 unspecified atom stereocenters. The van der Waals surface area contributed by atoms with Crippen molar-refractivity contribution in [3.63, 3.8) is 0 Å². The van der Waals surface area contributed by atoms with Crippen LogP contribution in [0.25, 0.3) is 0 Å². The van der Waals surface area contributed by atoms with Crippen molar-refractivity contribution in [2.75, 3.05) is 25.0 Å². The molecule has 8 nitrogen and oxygen atoms in total. The molecule has 3 heterocycles. The van der Waals surface area contributed by atoms with Crippen molar-refractivity contribution in [3.05, 3.63) is 22.3 Å². The molecule has 2 aliphatic rings. The van der Waals surface area contributed by atoms with Crippen LogP contribution < -0.4 is 5.32 Å². The Kier molecular flexibility index (Phi) is 6.62. The summed E-state index contributed by atoms with van der Waals surface area (Å²) in [7, 11) is 0. The van der Waals surface area contributed by atoms with Gasteiger partial charge >= 0.3 is 0 Å². The quantitative estimate of drug-likeness (QED) is 0.468. The third-order valence-electron chi connectivity index (χ3n) is 6.00. The fourth-order valence-electron chi connectivity index (χ4n) is 4.20. The molecule has 1 spiro atoms. The third kappa shape index (κ3) is 5.42. The predicted molar refractivity (Wildman–Crippen MR) is 128 cm³/mol. The Balaban J connectivity index is 1.67. The number of hydrogen-bond acceptors (Lipinski definition) is 5. The zero-order valence-corrected chi connectivity index (χ0v) is 21.4. The monoisotopic (exact) mass is 507 g/mol. The number of likely N-dealkylation sites (tertiary alicyclic amines) is 1. The maximum absolute atomic E-state index is 13.1. The number of carbonyl (C=O) groups is 2. The van der Waals surface area contributed by atoms with E-state index < -0.39 is 16.6 Å². The van der Waals surface area contributed by atoms with Crippen LogP contribution in [-0.4, -0.2) is 63.4 Å². The summed E-state index contributed by atoms with van der Waals surface area (Å²) in [6, 6.07) is 2.00. The van der Waals surface area contributed by atoms with Gasteiger partial charge in [0.05, 0.1) is 5.41 Å². The summed E-state index contributed by atoms with van der Waals surface area (Å²) in [6.45, 7) is 12.6. The molecule has 0 aromatic carbocycles. The van der Waals surface area contributed by atoms with Gasteiger partial charge in [0.15, 0.2) is 0 Å². The number of amidine groups is 1. The minimum Gasteiger partial charge on any atom is -0.460 e. The van der Waals surface area contributed by atoms with E-state index in [4.69, 9.17) is 10.1 Å². The Hall–Kier alpha value is -2.16. The molecule has 1 aromatic heterocycles. The van der Waals surface area contributed by atoms with E-state index in [1.54, 1.807) is 16.0 Å². The SMILES string of the molecule is CC(C)(C)OC(=N)N(CC(=O)N1CCC2(CC1)Cc1cc(Br)cnc1NC2=O)C(C)(C)C. The summed E-state index contributed by atoms with van der Waals surface area (Å²) in [5.74, 6) is 0.558. The second-order valence-electron chi connectivity index (χ2n) is 10.7. The lowest BCUT2D eigenvalue weighted by atomic mass is 9.71. The van der Waals surface area contributed by atoms with Gasteiger partial charge in [-0.25, -0.2) is 4.98 Å². The van der Waals surface area contributed by atoms with E-state index in [9.17, 15) is 9.59 Å². The molecule has 3 rings (SSSR count). The number of hydrogen-bond donors (Lipinski definition) is 2. The lowest BCUT2D eigenvalue weighted by molar-refractivity contribution is -0.139. The molecule has 1 saturated heterocycles. The van der Waals surface area contributed by atoms with Crippen LogP contribution in [-0.2, 0) is 20.7 Å². The summed E-state index contributed by atoms with van der Waals surface area (Å²) >= 11 is 3.45. The molecule has 2 aliphatic heterocycles. The highest BCUT2D eigenvalue weighted by atomic mass is 79.9. The lowest BCUT2D eigenvalue weighted by Gasteiger charge is -2.44. The fraction of sp³-hybridized carbons (Fsp3) is 0.652.